The Kier molecular flexibility index (Phi) is 4.75. The molecular weight excluding hydrogens is 320 g/mol. The quantitative estimate of drug-likeness (QED) is 0.441. The standard InChI is InChI=1S/C18H14N4O3/c23-18(11-13-3-6-16(7-4-13)22(24)25)21-20-12-14-5-8-17-15(10-14)2-1-9-19-17/h1-10,12H,11H2,(H,21,23)/b20-12+. The highest BCUT2D eigenvalue weighted by Gasteiger charge is 2.06. The first-order chi connectivity index (χ1) is 12.1. The third-order valence-electron chi connectivity index (χ3n) is 3.54. The maximum atomic E-state index is 11.9. The lowest BCUT2D eigenvalue weighted by Crippen LogP contribution is -2.19. The van der Waals surface area contributed by atoms with Crippen LogP contribution in [0.15, 0.2) is 65.9 Å². The first kappa shape index (κ1) is 16.3. The van der Waals surface area contributed by atoms with Crippen molar-refractivity contribution in [2.24, 2.45) is 5.10 Å². The molecule has 1 amide bonds. The van der Waals surface area contributed by atoms with Gasteiger partial charge in [-0.05, 0) is 29.3 Å². The summed E-state index contributed by atoms with van der Waals surface area (Å²) in [6.07, 6.45) is 3.38. The minimum Gasteiger partial charge on any atom is -0.273 e. The van der Waals surface area contributed by atoms with E-state index >= 15 is 0 Å². The Morgan fingerprint density at radius 1 is 1.20 bits per heavy atom. The third kappa shape index (κ3) is 4.23. The molecule has 0 fully saturated rings. The van der Waals surface area contributed by atoms with Crippen LogP contribution in [0.3, 0.4) is 0 Å². The number of aromatic nitrogens is 1. The van der Waals surface area contributed by atoms with Gasteiger partial charge in [0.25, 0.3) is 5.69 Å². The first-order valence-corrected chi connectivity index (χ1v) is 7.52. The molecule has 0 saturated carbocycles. The number of amides is 1. The Morgan fingerprint density at radius 3 is 2.76 bits per heavy atom. The molecule has 2 aromatic carbocycles. The van der Waals surface area contributed by atoms with Crippen molar-refractivity contribution in [3.05, 3.63) is 82.0 Å². The number of benzene rings is 2. The van der Waals surface area contributed by atoms with E-state index in [4.69, 9.17) is 0 Å². The number of fused-ring (bicyclic) bond motifs is 1. The van der Waals surface area contributed by atoms with Crippen LogP contribution in [0.25, 0.3) is 10.9 Å². The summed E-state index contributed by atoms with van der Waals surface area (Å²) in [6, 6.07) is 15.3. The predicted octanol–water partition coefficient (Wildman–Crippen LogP) is 2.84. The molecule has 3 rings (SSSR count). The van der Waals surface area contributed by atoms with E-state index in [1.165, 1.54) is 12.1 Å². The van der Waals surface area contributed by atoms with E-state index in [9.17, 15) is 14.9 Å². The average Bonchev–Trinajstić information content (AvgIpc) is 2.62. The summed E-state index contributed by atoms with van der Waals surface area (Å²) in [5, 5.41) is 15.5. The van der Waals surface area contributed by atoms with Gasteiger partial charge in [0.15, 0.2) is 0 Å². The number of nitro groups is 1. The molecule has 7 nitrogen and oxygen atoms in total. The number of pyridine rings is 1. The Labute approximate surface area is 143 Å². The van der Waals surface area contributed by atoms with Crippen molar-refractivity contribution in [1.82, 2.24) is 10.4 Å². The van der Waals surface area contributed by atoms with Gasteiger partial charge in [-0.1, -0.05) is 24.3 Å². The molecule has 0 bridgehead atoms. The van der Waals surface area contributed by atoms with Gasteiger partial charge in [0, 0.05) is 23.7 Å². The Bertz CT molecular complexity index is 952. The fourth-order valence-electron chi connectivity index (χ4n) is 2.31. The Balaban J connectivity index is 1.59. The van der Waals surface area contributed by atoms with E-state index in [0.29, 0.717) is 5.56 Å². The zero-order chi connectivity index (χ0) is 17.6. The average molecular weight is 334 g/mol. The number of hydrogen-bond acceptors (Lipinski definition) is 5. The van der Waals surface area contributed by atoms with Gasteiger partial charge in [-0.2, -0.15) is 5.10 Å². The monoisotopic (exact) mass is 334 g/mol. The minimum atomic E-state index is -0.479. The number of nitrogens with zero attached hydrogens (tertiary/aromatic N) is 3. The molecule has 0 aliphatic rings. The summed E-state index contributed by atoms with van der Waals surface area (Å²) in [4.78, 5) is 26.2. The van der Waals surface area contributed by atoms with Crippen LogP contribution in [0.5, 0.6) is 0 Å². The van der Waals surface area contributed by atoms with Crippen molar-refractivity contribution in [2.45, 2.75) is 6.42 Å². The van der Waals surface area contributed by atoms with Crippen LogP contribution in [0.1, 0.15) is 11.1 Å². The van der Waals surface area contributed by atoms with Crippen molar-refractivity contribution in [1.29, 1.82) is 0 Å². The van der Waals surface area contributed by atoms with E-state index in [-0.39, 0.29) is 18.0 Å². The summed E-state index contributed by atoms with van der Waals surface area (Å²) in [5.41, 5.74) is 4.85. The van der Waals surface area contributed by atoms with Crippen LogP contribution in [-0.2, 0) is 11.2 Å². The molecule has 0 aliphatic heterocycles. The van der Waals surface area contributed by atoms with Crippen LogP contribution in [0.2, 0.25) is 0 Å². The van der Waals surface area contributed by atoms with Crippen molar-refractivity contribution in [3.63, 3.8) is 0 Å². The molecule has 3 aromatic rings. The lowest BCUT2D eigenvalue weighted by atomic mass is 10.1. The topological polar surface area (TPSA) is 97.5 Å². The molecule has 0 unspecified atom stereocenters. The molecular formula is C18H14N4O3. The second-order valence-electron chi connectivity index (χ2n) is 5.35. The summed E-state index contributed by atoms with van der Waals surface area (Å²) in [5.74, 6) is -0.299. The van der Waals surface area contributed by atoms with Crippen molar-refractivity contribution in [2.75, 3.05) is 0 Å². The number of hydrogen-bond donors (Lipinski definition) is 1. The zero-order valence-corrected chi connectivity index (χ0v) is 13.1. The molecule has 1 heterocycles. The lowest BCUT2D eigenvalue weighted by Gasteiger charge is -2.01. The van der Waals surface area contributed by atoms with E-state index in [2.05, 4.69) is 15.5 Å². The van der Waals surface area contributed by atoms with Gasteiger partial charge in [-0.3, -0.25) is 19.9 Å². The number of nitro benzene ring substituents is 1. The second kappa shape index (κ2) is 7.31. The Hall–Kier alpha value is -3.61. The van der Waals surface area contributed by atoms with Gasteiger partial charge in [-0.15, -0.1) is 0 Å². The van der Waals surface area contributed by atoms with Gasteiger partial charge < -0.3 is 0 Å². The maximum absolute atomic E-state index is 11.9. The van der Waals surface area contributed by atoms with Crippen molar-refractivity contribution in [3.8, 4) is 0 Å². The minimum absolute atomic E-state index is 0.00651. The van der Waals surface area contributed by atoms with Gasteiger partial charge >= 0.3 is 0 Å². The number of hydrazone groups is 1. The lowest BCUT2D eigenvalue weighted by molar-refractivity contribution is -0.384. The number of carbonyl (C=O) groups is 1. The molecule has 7 heteroatoms. The molecule has 1 N–H and O–H groups in total. The summed E-state index contributed by atoms with van der Waals surface area (Å²) in [7, 11) is 0. The number of rotatable bonds is 5. The highest BCUT2D eigenvalue weighted by molar-refractivity contribution is 5.89. The maximum Gasteiger partial charge on any atom is 0.269 e. The van der Waals surface area contributed by atoms with Gasteiger partial charge in [0.05, 0.1) is 23.1 Å². The molecule has 0 spiro atoms. The zero-order valence-electron chi connectivity index (χ0n) is 13.1. The number of carbonyl (C=O) groups excluding carboxylic acids is 1. The molecule has 0 atom stereocenters. The number of nitrogens with one attached hydrogen (secondary N) is 1. The van der Waals surface area contributed by atoms with Gasteiger partial charge in [0.2, 0.25) is 5.91 Å². The van der Waals surface area contributed by atoms with Crippen LogP contribution in [0.4, 0.5) is 5.69 Å². The second-order valence-corrected chi connectivity index (χ2v) is 5.35. The molecule has 1 aromatic heterocycles. The normalized spacial score (nSPS) is 10.9. The smallest absolute Gasteiger partial charge is 0.269 e. The van der Waals surface area contributed by atoms with Crippen LogP contribution >= 0.6 is 0 Å². The molecule has 0 aliphatic carbocycles. The Morgan fingerprint density at radius 2 is 2.00 bits per heavy atom. The van der Waals surface area contributed by atoms with Gasteiger partial charge in [0.1, 0.15) is 0 Å². The van der Waals surface area contributed by atoms with Crippen LogP contribution < -0.4 is 5.43 Å². The SMILES string of the molecule is O=C(Cc1ccc([N+](=O)[O-])cc1)N/N=C/c1ccc2ncccc2c1. The van der Waals surface area contributed by atoms with Crippen molar-refractivity contribution >= 4 is 28.7 Å². The van der Waals surface area contributed by atoms with Gasteiger partial charge in [-0.25, -0.2) is 5.43 Å². The summed E-state index contributed by atoms with van der Waals surface area (Å²) in [6.45, 7) is 0. The summed E-state index contributed by atoms with van der Waals surface area (Å²) < 4.78 is 0. The fraction of sp³-hybridized carbons (Fsp3) is 0.0556. The highest BCUT2D eigenvalue weighted by Crippen LogP contribution is 2.13. The van der Waals surface area contributed by atoms with E-state index in [1.807, 2.05) is 30.3 Å². The fourth-order valence-corrected chi connectivity index (χ4v) is 2.31. The first-order valence-electron chi connectivity index (χ1n) is 7.52. The molecule has 0 radical (unpaired) electrons. The summed E-state index contributed by atoms with van der Waals surface area (Å²) >= 11 is 0. The van der Waals surface area contributed by atoms with E-state index in [1.54, 1.807) is 24.5 Å². The van der Waals surface area contributed by atoms with Crippen LogP contribution in [-0.4, -0.2) is 22.0 Å². The highest BCUT2D eigenvalue weighted by atomic mass is 16.6. The van der Waals surface area contributed by atoms with Crippen molar-refractivity contribution < 1.29 is 9.72 Å². The molecule has 124 valence electrons. The van der Waals surface area contributed by atoms with E-state index in [0.717, 1.165) is 16.5 Å². The largest absolute Gasteiger partial charge is 0.273 e. The molecule has 25 heavy (non-hydrogen) atoms. The third-order valence-corrected chi connectivity index (χ3v) is 3.54. The van der Waals surface area contributed by atoms with E-state index < -0.39 is 4.92 Å². The van der Waals surface area contributed by atoms with Crippen LogP contribution in [0, 0.1) is 10.1 Å². The number of non-ortho nitro benzene ring substituents is 1. The molecule has 0 saturated heterocycles. The predicted molar refractivity (Wildman–Crippen MR) is 94.3 cm³/mol.